The van der Waals surface area contributed by atoms with Gasteiger partial charge in [0.05, 0.1) is 0 Å². The zero-order valence-corrected chi connectivity index (χ0v) is 8.18. The minimum atomic E-state index is -0.607. The largest absolute Gasteiger partial charge is 0.369 e. The molecule has 0 aliphatic heterocycles. The Balaban J connectivity index is 4.44. The van der Waals surface area contributed by atoms with Crippen LogP contribution >= 0.6 is 0 Å². The van der Waals surface area contributed by atoms with Gasteiger partial charge in [0.1, 0.15) is 6.29 Å². The SMILES string of the molecule is CC(C)(C=O)CC(C)(C)C(N)=O. The summed E-state index contributed by atoms with van der Waals surface area (Å²) in [4.78, 5) is 21.5. The average Bonchev–Trinajstić information content (AvgIpc) is 1.85. The lowest BCUT2D eigenvalue weighted by atomic mass is 9.75. The summed E-state index contributed by atoms with van der Waals surface area (Å²) in [5.74, 6) is -0.363. The Kier molecular flexibility index (Phi) is 3.02. The van der Waals surface area contributed by atoms with Crippen molar-refractivity contribution in [1.82, 2.24) is 0 Å². The molecule has 0 rings (SSSR count). The molecule has 3 heteroatoms. The van der Waals surface area contributed by atoms with Crippen LogP contribution < -0.4 is 5.73 Å². The second-order valence-corrected chi connectivity index (χ2v) is 4.53. The average molecular weight is 171 g/mol. The fourth-order valence-corrected chi connectivity index (χ4v) is 1.27. The van der Waals surface area contributed by atoms with Gasteiger partial charge >= 0.3 is 0 Å². The maximum atomic E-state index is 10.9. The first-order chi connectivity index (χ1) is 5.21. The molecule has 70 valence electrons. The highest BCUT2D eigenvalue weighted by Gasteiger charge is 2.32. The van der Waals surface area contributed by atoms with E-state index < -0.39 is 10.8 Å². The first-order valence-electron chi connectivity index (χ1n) is 3.97. The number of hydrogen-bond acceptors (Lipinski definition) is 2. The molecule has 0 aromatic carbocycles. The molecule has 0 aromatic rings. The van der Waals surface area contributed by atoms with Gasteiger partial charge in [-0.05, 0) is 6.42 Å². The van der Waals surface area contributed by atoms with Crippen molar-refractivity contribution in [2.24, 2.45) is 16.6 Å². The van der Waals surface area contributed by atoms with Crippen LogP contribution in [0.4, 0.5) is 0 Å². The van der Waals surface area contributed by atoms with Gasteiger partial charge in [-0.2, -0.15) is 0 Å². The molecule has 1 amide bonds. The van der Waals surface area contributed by atoms with Crippen LogP contribution in [0.15, 0.2) is 0 Å². The number of carbonyl (C=O) groups excluding carboxylic acids is 2. The van der Waals surface area contributed by atoms with E-state index in [4.69, 9.17) is 5.73 Å². The molecule has 0 aromatic heterocycles. The first-order valence-corrected chi connectivity index (χ1v) is 3.97. The van der Waals surface area contributed by atoms with Gasteiger partial charge in [0, 0.05) is 10.8 Å². The molecule has 0 saturated heterocycles. The molecule has 0 saturated carbocycles. The van der Waals surface area contributed by atoms with E-state index in [9.17, 15) is 9.59 Å². The predicted octanol–water partition coefficient (Wildman–Crippen LogP) is 1.11. The predicted molar refractivity (Wildman–Crippen MR) is 47.4 cm³/mol. The third-order valence-electron chi connectivity index (χ3n) is 1.88. The van der Waals surface area contributed by atoms with Gasteiger partial charge in [0.2, 0.25) is 5.91 Å². The van der Waals surface area contributed by atoms with Gasteiger partial charge < -0.3 is 10.5 Å². The number of amides is 1. The highest BCUT2D eigenvalue weighted by molar-refractivity contribution is 5.80. The van der Waals surface area contributed by atoms with E-state index in [1.807, 2.05) is 0 Å². The summed E-state index contributed by atoms with van der Waals surface area (Å²) in [6, 6.07) is 0. The maximum Gasteiger partial charge on any atom is 0.223 e. The smallest absolute Gasteiger partial charge is 0.223 e. The van der Waals surface area contributed by atoms with Crippen molar-refractivity contribution in [2.45, 2.75) is 34.1 Å². The number of aldehydes is 1. The standard InChI is InChI=1S/C9H17NO2/c1-8(2,6-11)5-9(3,4)7(10)12/h6H,5H2,1-4H3,(H2,10,12). The second-order valence-electron chi connectivity index (χ2n) is 4.53. The topological polar surface area (TPSA) is 60.2 Å². The van der Waals surface area contributed by atoms with E-state index in [1.54, 1.807) is 27.7 Å². The third-order valence-corrected chi connectivity index (χ3v) is 1.88. The zero-order valence-electron chi connectivity index (χ0n) is 8.18. The summed E-state index contributed by atoms with van der Waals surface area (Å²) in [6.45, 7) is 7.09. The van der Waals surface area contributed by atoms with E-state index in [2.05, 4.69) is 0 Å². The Morgan fingerprint density at radius 2 is 1.75 bits per heavy atom. The van der Waals surface area contributed by atoms with Crippen molar-refractivity contribution in [1.29, 1.82) is 0 Å². The molecule has 0 radical (unpaired) electrons. The minimum absolute atomic E-state index is 0.363. The number of hydrogen-bond donors (Lipinski definition) is 1. The van der Waals surface area contributed by atoms with Gasteiger partial charge in [-0.25, -0.2) is 0 Å². The summed E-state index contributed by atoms with van der Waals surface area (Å²) >= 11 is 0. The van der Waals surface area contributed by atoms with Crippen LogP contribution in [0, 0.1) is 10.8 Å². The van der Waals surface area contributed by atoms with E-state index in [-0.39, 0.29) is 5.91 Å². The molecule has 0 unspecified atom stereocenters. The summed E-state index contributed by atoms with van der Waals surface area (Å²) in [7, 11) is 0. The molecule has 0 atom stereocenters. The van der Waals surface area contributed by atoms with Crippen LogP contribution in [0.3, 0.4) is 0 Å². The van der Waals surface area contributed by atoms with Crippen LogP contribution in [0.1, 0.15) is 34.1 Å². The van der Waals surface area contributed by atoms with Crippen LogP contribution in [-0.4, -0.2) is 12.2 Å². The Hall–Kier alpha value is -0.860. The quantitative estimate of drug-likeness (QED) is 0.644. The van der Waals surface area contributed by atoms with Gasteiger partial charge in [-0.1, -0.05) is 27.7 Å². The molecule has 2 N–H and O–H groups in total. The molecule has 12 heavy (non-hydrogen) atoms. The van der Waals surface area contributed by atoms with Gasteiger partial charge in [0.25, 0.3) is 0 Å². The van der Waals surface area contributed by atoms with Crippen molar-refractivity contribution >= 4 is 12.2 Å². The van der Waals surface area contributed by atoms with Gasteiger partial charge in [0.15, 0.2) is 0 Å². The van der Waals surface area contributed by atoms with E-state index in [0.29, 0.717) is 6.42 Å². The number of rotatable bonds is 4. The second kappa shape index (κ2) is 3.25. The molecule has 0 aliphatic carbocycles. The molecular formula is C9H17NO2. The third kappa shape index (κ3) is 3.03. The Bertz CT molecular complexity index is 195. The lowest BCUT2D eigenvalue weighted by molar-refractivity contribution is -0.128. The van der Waals surface area contributed by atoms with Crippen LogP contribution in [0.5, 0.6) is 0 Å². The number of primary amides is 1. The zero-order chi connectivity index (χ0) is 9.99. The van der Waals surface area contributed by atoms with Crippen molar-refractivity contribution in [3.63, 3.8) is 0 Å². The van der Waals surface area contributed by atoms with E-state index >= 15 is 0 Å². The summed E-state index contributed by atoms with van der Waals surface area (Å²) in [5.41, 5.74) is 4.10. The molecule has 0 aliphatic rings. The molecule has 0 bridgehead atoms. The fraction of sp³-hybridized carbons (Fsp3) is 0.778. The normalized spacial score (nSPS) is 12.7. The van der Waals surface area contributed by atoms with Crippen molar-refractivity contribution < 1.29 is 9.59 Å². The number of nitrogens with two attached hydrogens (primary N) is 1. The number of carbonyl (C=O) groups is 2. The van der Waals surface area contributed by atoms with Crippen molar-refractivity contribution in [2.75, 3.05) is 0 Å². The van der Waals surface area contributed by atoms with Crippen molar-refractivity contribution in [3.8, 4) is 0 Å². The molecular weight excluding hydrogens is 154 g/mol. The van der Waals surface area contributed by atoms with E-state index in [0.717, 1.165) is 6.29 Å². The van der Waals surface area contributed by atoms with Gasteiger partial charge in [-0.15, -0.1) is 0 Å². The van der Waals surface area contributed by atoms with Crippen molar-refractivity contribution in [3.05, 3.63) is 0 Å². The molecule has 3 nitrogen and oxygen atoms in total. The van der Waals surface area contributed by atoms with E-state index in [1.165, 1.54) is 0 Å². The molecule has 0 heterocycles. The lowest BCUT2D eigenvalue weighted by Gasteiger charge is -2.28. The fourth-order valence-electron chi connectivity index (χ4n) is 1.27. The summed E-state index contributed by atoms with van der Waals surface area (Å²) < 4.78 is 0. The monoisotopic (exact) mass is 171 g/mol. The lowest BCUT2D eigenvalue weighted by Crippen LogP contribution is -2.36. The Morgan fingerprint density at radius 1 is 1.33 bits per heavy atom. The Morgan fingerprint density at radius 3 is 2.00 bits per heavy atom. The van der Waals surface area contributed by atoms with Gasteiger partial charge in [-0.3, -0.25) is 4.79 Å². The highest BCUT2D eigenvalue weighted by Crippen LogP contribution is 2.31. The summed E-state index contributed by atoms with van der Waals surface area (Å²) in [6.07, 6.45) is 1.34. The van der Waals surface area contributed by atoms with Crippen LogP contribution in [0.25, 0.3) is 0 Å². The molecule has 0 spiro atoms. The summed E-state index contributed by atoms with van der Waals surface area (Å²) in [5, 5.41) is 0. The van der Waals surface area contributed by atoms with Crippen LogP contribution in [-0.2, 0) is 9.59 Å². The maximum absolute atomic E-state index is 10.9. The Labute approximate surface area is 73.3 Å². The minimum Gasteiger partial charge on any atom is -0.369 e. The highest BCUT2D eigenvalue weighted by atomic mass is 16.1. The molecule has 0 fully saturated rings. The first kappa shape index (κ1) is 11.1. The van der Waals surface area contributed by atoms with Crippen LogP contribution in [0.2, 0.25) is 0 Å².